The van der Waals surface area contributed by atoms with Crippen molar-refractivity contribution >= 4 is 62.8 Å². The van der Waals surface area contributed by atoms with Crippen LogP contribution in [0.3, 0.4) is 0 Å². The van der Waals surface area contributed by atoms with E-state index in [-0.39, 0.29) is 65.6 Å². The van der Waals surface area contributed by atoms with Gasteiger partial charge in [-0.05, 0) is 67.4 Å². The van der Waals surface area contributed by atoms with E-state index in [1.165, 1.54) is 40.9 Å². The Morgan fingerprint density at radius 3 is 1.48 bits per heavy atom. The third kappa shape index (κ3) is 29.3. The van der Waals surface area contributed by atoms with E-state index >= 15 is 0 Å². The van der Waals surface area contributed by atoms with Crippen LogP contribution < -0.4 is 10.6 Å². The topological polar surface area (TPSA) is 121 Å². The first-order chi connectivity index (χ1) is 18.0. The van der Waals surface area contributed by atoms with Crippen molar-refractivity contribution < 1.29 is 28.7 Å². The summed E-state index contributed by atoms with van der Waals surface area (Å²) in [6.45, 7) is 11.8. The maximum Gasteiger partial charge on any atom is 0.319 e. The van der Waals surface area contributed by atoms with E-state index in [0.717, 1.165) is 31.0 Å². The van der Waals surface area contributed by atoms with Crippen LogP contribution in [0.4, 0.5) is 0 Å². The van der Waals surface area contributed by atoms with Crippen molar-refractivity contribution in [3.63, 3.8) is 0 Å². The number of carbonyl (C=O) groups is 4. The first kappa shape index (κ1) is 45.3. The highest BCUT2D eigenvalue weighted by Crippen LogP contribution is 2.00. The largest absolute Gasteiger partial charge is 0.468 e. The molecule has 0 spiro atoms. The predicted octanol–water partition coefficient (Wildman–Crippen LogP) is -1.81. The lowest BCUT2D eigenvalue weighted by atomic mass is 10.3. The third-order valence-electron chi connectivity index (χ3n) is 5.39. The number of hydrogen-bond acceptors (Lipinski definition) is 10. The van der Waals surface area contributed by atoms with Gasteiger partial charge in [-0.15, -0.1) is 0 Å². The van der Waals surface area contributed by atoms with Gasteiger partial charge >= 0.3 is 11.9 Å². The molecule has 0 aliphatic heterocycles. The van der Waals surface area contributed by atoms with Crippen LogP contribution in [0.25, 0.3) is 0 Å². The fourth-order valence-electron chi connectivity index (χ4n) is 3.29. The van der Waals surface area contributed by atoms with Gasteiger partial charge in [0.2, 0.25) is 0 Å². The molecule has 0 atom stereocenters. The Labute approximate surface area is 256 Å². The number of rotatable bonds is 20. The summed E-state index contributed by atoms with van der Waals surface area (Å²) in [4.78, 5) is 52.1. The molecular formula is C26H59N5O6SSi2. The standard InChI is InChI=1S/C20H37N3O6.C6H14N2S.2H4Si/c1-6-7-8-21(15-19(26)28-4)9-10-22(13-17(2)24)11-12-23(14-18(3)25)16-20(27)29-5;1-3-4-5-8-6(9)7-2;;/h6-16H2,1-5H3;3-5H2,1-2H3,(H2,7,8,9);2*1H4. The number of Topliss-reactive ketones (excluding diaryl/α,β-unsaturated/α-hetero) is 2. The Kier molecular flexibility index (Phi) is 34.2. The van der Waals surface area contributed by atoms with Crippen molar-refractivity contribution in [2.45, 2.75) is 53.4 Å². The second-order valence-corrected chi connectivity index (χ2v) is 9.44. The molecule has 0 unspecified atom stereocenters. The van der Waals surface area contributed by atoms with Gasteiger partial charge < -0.3 is 20.1 Å². The molecule has 0 rings (SSSR count). The van der Waals surface area contributed by atoms with Crippen molar-refractivity contribution in [1.29, 1.82) is 0 Å². The molecular weight excluding hydrogens is 567 g/mol. The number of ketones is 2. The van der Waals surface area contributed by atoms with Crippen LogP contribution in [0.5, 0.6) is 0 Å². The van der Waals surface area contributed by atoms with Crippen molar-refractivity contribution in [2.24, 2.45) is 0 Å². The van der Waals surface area contributed by atoms with Gasteiger partial charge in [0.15, 0.2) is 5.11 Å². The molecule has 0 aromatic carbocycles. The smallest absolute Gasteiger partial charge is 0.319 e. The van der Waals surface area contributed by atoms with Gasteiger partial charge in [-0.2, -0.15) is 0 Å². The Balaban J connectivity index is -0.000000505. The average Bonchev–Trinajstić information content (AvgIpc) is 2.87. The molecule has 0 radical (unpaired) electrons. The maximum atomic E-state index is 11.7. The molecule has 0 fully saturated rings. The van der Waals surface area contributed by atoms with Crippen molar-refractivity contribution in [3.05, 3.63) is 0 Å². The molecule has 0 saturated heterocycles. The summed E-state index contributed by atoms with van der Waals surface area (Å²) < 4.78 is 9.45. The van der Waals surface area contributed by atoms with Crippen LogP contribution in [-0.4, -0.2) is 152 Å². The zero-order valence-corrected chi connectivity index (χ0v) is 25.4. The first-order valence-electron chi connectivity index (χ1n) is 13.3. The molecule has 238 valence electrons. The second-order valence-electron chi connectivity index (χ2n) is 9.03. The monoisotopic (exact) mass is 625 g/mol. The summed E-state index contributed by atoms with van der Waals surface area (Å²) in [6, 6.07) is 0. The highest BCUT2D eigenvalue weighted by Gasteiger charge is 2.17. The van der Waals surface area contributed by atoms with E-state index in [2.05, 4.69) is 29.2 Å². The van der Waals surface area contributed by atoms with Crippen LogP contribution in [-0.2, 0) is 28.7 Å². The Hall–Kier alpha value is -1.72. The molecule has 14 heteroatoms. The van der Waals surface area contributed by atoms with Gasteiger partial charge in [-0.3, -0.25) is 33.9 Å². The molecule has 40 heavy (non-hydrogen) atoms. The molecule has 0 amide bonds. The maximum absolute atomic E-state index is 11.7. The van der Waals surface area contributed by atoms with Crippen LogP contribution in [0.15, 0.2) is 0 Å². The number of nitrogens with one attached hydrogen (secondary N) is 2. The molecule has 0 saturated carbocycles. The van der Waals surface area contributed by atoms with Crippen molar-refractivity contribution in [2.75, 3.05) is 86.7 Å². The van der Waals surface area contributed by atoms with E-state index in [1.807, 2.05) is 16.8 Å². The number of unbranched alkanes of at least 4 members (excludes halogenated alkanes) is 2. The summed E-state index contributed by atoms with van der Waals surface area (Å²) in [7, 11) is 4.50. The number of esters is 2. The number of nitrogens with zero attached hydrogens (tertiary/aromatic N) is 3. The van der Waals surface area contributed by atoms with E-state index in [0.29, 0.717) is 26.2 Å². The molecule has 0 heterocycles. The normalized spacial score (nSPS) is 10.1. The molecule has 0 aliphatic carbocycles. The molecule has 0 aliphatic rings. The highest BCUT2D eigenvalue weighted by atomic mass is 32.1. The molecule has 0 bridgehead atoms. The van der Waals surface area contributed by atoms with Crippen molar-refractivity contribution in [1.82, 2.24) is 25.3 Å². The molecule has 0 aromatic heterocycles. The van der Waals surface area contributed by atoms with E-state index in [9.17, 15) is 19.2 Å². The SMILES string of the molecule is CCCCN(CCN(CCN(CC(C)=O)CC(=O)OC)CC(C)=O)CC(=O)OC.CCCCNC(=S)NC.[SiH4].[SiH4]. The fraction of sp³-hybridized carbons (Fsp3) is 0.808. The molecule has 0 aromatic rings. The van der Waals surface area contributed by atoms with E-state index in [1.54, 1.807) is 4.90 Å². The minimum atomic E-state index is -0.409. The number of carbonyl (C=O) groups excluding carboxylic acids is 4. The third-order valence-corrected chi connectivity index (χ3v) is 5.74. The van der Waals surface area contributed by atoms with Gasteiger partial charge in [0.05, 0.1) is 40.4 Å². The van der Waals surface area contributed by atoms with Gasteiger partial charge in [-0.1, -0.05) is 26.7 Å². The summed E-state index contributed by atoms with van der Waals surface area (Å²) in [5.74, 6) is -0.710. The van der Waals surface area contributed by atoms with Gasteiger partial charge in [0, 0.05) is 39.8 Å². The average molecular weight is 626 g/mol. The lowest BCUT2D eigenvalue weighted by Gasteiger charge is -2.28. The summed E-state index contributed by atoms with van der Waals surface area (Å²) >= 11 is 4.85. The zero-order chi connectivity index (χ0) is 29.3. The quantitative estimate of drug-likeness (QED) is 0.0687. The van der Waals surface area contributed by atoms with E-state index < -0.39 is 5.97 Å². The van der Waals surface area contributed by atoms with Gasteiger partial charge in [0.25, 0.3) is 0 Å². The molecule has 11 nitrogen and oxygen atoms in total. The summed E-state index contributed by atoms with van der Waals surface area (Å²) in [6.07, 6.45) is 4.37. The van der Waals surface area contributed by atoms with Gasteiger partial charge in [0.1, 0.15) is 11.6 Å². The molecule has 2 N–H and O–H groups in total. The van der Waals surface area contributed by atoms with Gasteiger partial charge in [-0.25, -0.2) is 0 Å². The Morgan fingerprint density at radius 1 is 0.675 bits per heavy atom. The zero-order valence-electron chi connectivity index (χ0n) is 24.6. The second kappa shape index (κ2) is 30.2. The van der Waals surface area contributed by atoms with Crippen LogP contribution in [0.1, 0.15) is 53.4 Å². The summed E-state index contributed by atoms with van der Waals surface area (Å²) in [5.41, 5.74) is 0. The predicted molar refractivity (Wildman–Crippen MR) is 177 cm³/mol. The minimum Gasteiger partial charge on any atom is -0.468 e. The highest BCUT2D eigenvalue weighted by molar-refractivity contribution is 7.80. The number of ether oxygens (including phenoxy) is 2. The number of methoxy groups -OCH3 is 2. The van der Waals surface area contributed by atoms with Crippen LogP contribution in [0.2, 0.25) is 0 Å². The summed E-state index contributed by atoms with van der Waals surface area (Å²) in [5, 5.41) is 6.64. The van der Waals surface area contributed by atoms with Crippen LogP contribution >= 0.6 is 12.2 Å². The fourth-order valence-corrected chi connectivity index (χ4v) is 3.39. The first-order valence-corrected chi connectivity index (χ1v) is 13.7. The van der Waals surface area contributed by atoms with Crippen LogP contribution in [0, 0.1) is 0 Å². The number of hydrogen-bond donors (Lipinski definition) is 2. The lowest BCUT2D eigenvalue weighted by molar-refractivity contribution is -0.143. The van der Waals surface area contributed by atoms with E-state index in [4.69, 9.17) is 17.0 Å². The number of thiocarbonyl (C=S) groups is 1. The minimum absolute atomic E-state index is 0. The Bertz CT molecular complexity index is 706. The lowest BCUT2D eigenvalue weighted by Crippen LogP contribution is -2.44. The Morgan fingerprint density at radius 2 is 1.07 bits per heavy atom. The van der Waals surface area contributed by atoms with Crippen molar-refractivity contribution in [3.8, 4) is 0 Å².